The topological polar surface area (TPSA) is 57.2 Å². The molecule has 3 aromatic carbocycles. The van der Waals surface area contributed by atoms with Gasteiger partial charge in [0.1, 0.15) is 5.75 Å². The van der Waals surface area contributed by atoms with Gasteiger partial charge in [0, 0.05) is 22.9 Å². The maximum Gasteiger partial charge on any atom is 0.249 e. The zero-order valence-corrected chi connectivity index (χ0v) is 16.2. The van der Waals surface area contributed by atoms with Crippen LogP contribution in [0.5, 0.6) is 5.75 Å². The molecule has 0 unspecified atom stereocenters. The minimum Gasteiger partial charge on any atom is -0.497 e. The first-order chi connectivity index (χ1) is 13.6. The number of rotatable bonds is 6. The number of primary amides is 1. The number of methoxy groups -OCH3 is 1. The van der Waals surface area contributed by atoms with Crippen LogP contribution in [0.1, 0.15) is 34.8 Å². The lowest BCUT2D eigenvalue weighted by Gasteiger charge is -2.10. The monoisotopic (exact) mass is 371 g/mol. The number of aromatic nitrogens is 1. The predicted octanol–water partition coefficient (Wildman–Crippen LogP) is 4.70. The SMILES string of the molecule is CCCc1c[c]c2c3c(C(N)=O)cccc3n(Cc3ccc(OC)cc3)c2c1. The Kier molecular flexibility index (Phi) is 4.78. The fourth-order valence-corrected chi connectivity index (χ4v) is 3.82. The second kappa shape index (κ2) is 7.39. The Bertz CT molecular complexity index is 1160. The number of benzene rings is 3. The third-order valence-corrected chi connectivity index (χ3v) is 5.16. The van der Waals surface area contributed by atoms with E-state index in [0.29, 0.717) is 12.1 Å². The molecule has 141 valence electrons. The molecule has 28 heavy (non-hydrogen) atoms. The van der Waals surface area contributed by atoms with E-state index >= 15 is 0 Å². The number of nitrogens with zero attached hydrogens (tertiary/aromatic N) is 1. The lowest BCUT2D eigenvalue weighted by atomic mass is 10.0. The number of hydrogen-bond donors (Lipinski definition) is 1. The van der Waals surface area contributed by atoms with E-state index in [4.69, 9.17) is 10.5 Å². The van der Waals surface area contributed by atoms with E-state index in [2.05, 4.69) is 35.8 Å². The number of aryl methyl sites for hydroxylation is 1. The van der Waals surface area contributed by atoms with Crippen LogP contribution in [0.15, 0.2) is 54.6 Å². The Morgan fingerprint density at radius 2 is 1.89 bits per heavy atom. The molecule has 4 aromatic rings. The quantitative estimate of drug-likeness (QED) is 0.534. The summed E-state index contributed by atoms with van der Waals surface area (Å²) in [6.45, 7) is 2.86. The van der Waals surface area contributed by atoms with Gasteiger partial charge < -0.3 is 15.0 Å². The highest BCUT2D eigenvalue weighted by atomic mass is 16.5. The van der Waals surface area contributed by atoms with Crippen molar-refractivity contribution in [2.45, 2.75) is 26.3 Å². The van der Waals surface area contributed by atoms with Gasteiger partial charge in [0.15, 0.2) is 0 Å². The third-order valence-electron chi connectivity index (χ3n) is 5.16. The third kappa shape index (κ3) is 3.11. The summed E-state index contributed by atoms with van der Waals surface area (Å²) in [6, 6.07) is 21.4. The van der Waals surface area contributed by atoms with Crippen LogP contribution in [0.3, 0.4) is 0 Å². The van der Waals surface area contributed by atoms with Gasteiger partial charge in [-0.15, -0.1) is 0 Å². The Balaban J connectivity index is 1.96. The first kappa shape index (κ1) is 18.1. The van der Waals surface area contributed by atoms with Crippen LogP contribution in [0, 0.1) is 6.07 Å². The molecule has 0 saturated heterocycles. The van der Waals surface area contributed by atoms with E-state index in [-0.39, 0.29) is 0 Å². The molecular weight excluding hydrogens is 348 g/mol. The van der Waals surface area contributed by atoms with Crippen LogP contribution in [0.25, 0.3) is 21.8 Å². The van der Waals surface area contributed by atoms with E-state index in [0.717, 1.165) is 46.0 Å². The van der Waals surface area contributed by atoms with Crippen LogP contribution in [-0.2, 0) is 13.0 Å². The largest absolute Gasteiger partial charge is 0.497 e. The number of amides is 1. The maximum atomic E-state index is 12.1. The van der Waals surface area contributed by atoms with Crippen molar-refractivity contribution in [3.8, 4) is 5.75 Å². The molecule has 2 N–H and O–H groups in total. The molecule has 4 heteroatoms. The predicted molar refractivity (Wildman–Crippen MR) is 113 cm³/mol. The zero-order valence-electron chi connectivity index (χ0n) is 16.2. The van der Waals surface area contributed by atoms with Crippen molar-refractivity contribution in [1.82, 2.24) is 4.57 Å². The molecule has 0 saturated carbocycles. The van der Waals surface area contributed by atoms with Gasteiger partial charge in [-0.1, -0.05) is 37.6 Å². The van der Waals surface area contributed by atoms with Crippen LogP contribution in [-0.4, -0.2) is 17.6 Å². The maximum absolute atomic E-state index is 12.1. The van der Waals surface area contributed by atoms with Gasteiger partial charge in [-0.2, -0.15) is 0 Å². The van der Waals surface area contributed by atoms with E-state index in [1.54, 1.807) is 13.2 Å². The van der Waals surface area contributed by atoms with Crippen molar-refractivity contribution in [3.05, 3.63) is 77.4 Å². The number of ether oxygens (including phenoxy) is 1. The molecule has 4 rings (SSSR count). The number of nitrogens with two attached hydrogens (primary N) is 1. The molecular formula is C24H23N2O2. The smallest absolute Gasteiger partial charge is 0.249 e. The van der Waals surface area contributed by atoms with Gasteiger partial charge >= 0.3 is 0 Å². The van der Waals surface area contributed by atoms with Gasteiger partial charge in [-0.3, -0.25) is 4.79 Å². The summed E-state index contributed by atoms with van der Waals surface area (Å²) < 4.78 is 7.51. The van der Waals surface area contributed by atoms with E-state index in [1.165, 1.54) is 5.56 Å². The summed E-state index contributed by atoms with van der Waals surface area (Å²) in [6.07, 6.45) is 2.07. The summed E-state index contributed by atoms with van der Waals surface area (Å²) in [5, 5.41) is 1.82. The fourth-order valence-electron chi connectivity index (χ4n) is 3.82. The minimum absolute atomic E-state index is 0.417. The molecule has 0 fully saturated rings. The van der Waals surface area contributed by atoms with Gasteiger partial charge in [0.2, 0.25) is 5.91 Å². The molecule has 0 atom stereocenters. The Labute approximate surface area is 164 Å². The average Bonchev–Trinajstić information content (AvgIpc) is 3.02. The lowest BCUT2D eigenvalue weighted by Crippen LogP contribution is -2.11. The molecule has 0 aliphatic heterocycles. The molecule has 1 radical (unpaired) electrons. The molecule has 0 spiro atoms. The normalized spacial score (nSPS) is 11.2. The second-order valence-electron chi connectivity index (χ2n) is 7.02. The summed E-state index contributed by atoms with van der Waals surface area (Å²) in [5.41, 5.74) is 10.7. The lowest BCUT2D eigenvalue weighted by molar-refractivity contribution is 0.100. The standard InChI is InChI=1S/C24H23N2O2/c1-3-5-16-10-13-19-22(14-16)26(15-17-8-11-18(28-2)12-9-17)21-7-4-6-20(23(19)21)24(25)27/h4,6-12,14H,3,5,15H2,1-2H3,(H2,25,27). The highest BCUT2D eigenvalue weighted by Gasteiger charge is 2.17. The van der Waals surface area contributed by atoms with Crippen molar-refractivity contribution < 1.29 is 9.53 Å². The van der Waals surface area contributed by atoms with Crippen LogP contribution in [0.2, 0.25) is 0 Å². The molecule has 1 heterocycles. The van der Waals surface area contributed by atoms with E-state index in [1.807, 2.05) is 30.3 Å². The summed E-state index contributed by atoms with van der Waals surface area (Å²) in [7, 11) is 1.67. The number of hydrogen-bond acceptors (Lipinski definition) is 2. The van der Waals surface area contributed by atoms with Gasteiger partial charge in [-0.05, 0) is 53.9 Å². The molecule has 0 aliphatic carbocycles. The van der Waals surface area contributed by atoms with Gasteiger partial charge in [-0.25, -0.2) is 0 Å². The van der Waals surface area contributed by atoms with Crippen LogP contribution >= 0.6 is 0 Å². The minimum atomic E-state index is -0.417. The second-order valence-corrected chi connectivity index (χ2v) is 7.02. The molecule has 1 aromatic heterocycles. The van der Waals surface area contributed by atoms with Crippen molar-refractivity contribution in [2.24, 2.45) is 5.73 Å². The van der Waals surface area contributed by atoms with Crippen molar-refractivity contribution >= 4 is 27.7 Å². The van der Waals surface area contributed by atoms with E-state index in [9.17, 15) is 4.79 Å². The highest BCUT2D eigenvalue weighted by molar-refractivity contribution is 6.17. The molecule has 0 aliphatic rings. The summed E-state index contributed by atoms with van der Waals surface area (Å²) in [5.74, 6) is 0.417. The number of carbonyl (C=O) groups is 1. The van der Waals surface area contributed by atoms with E-state index < -0.39 is 5.91 Å². The number of fused-ring (bicyclic) bond motifs is 3. The van der Waals surface area contributed by atoms with Crippen molar-refractivity contribution in [2.75, 3.05) is 7.11 Å². The molecule has 4 nitrogen and oxygen atoms in total. The van der Waals surface area contributed by atoms with Gasteiger partial charge in [0.05, 0.1) is 18.1 Å². The fraction of sp³-hybridized carbons (Fsp3) is 0.208. The highest BCUT2D eigenvalue weighted by Crippen LogP contribution is 2.33. The Hall–Kier alpha value is -3.27. The zero-order chi connectivity index (χ0) is 19.7. The molecule has 0 bridgehead atoms. The Morgan fingerprint density at radius 1 is 1.11 bits per heavy atom. The average molecular weight is 371 g/mol. The van der Waals surface area contributed by atoms with Crippen LogP contribution < -0.4 is 10.5 Å². The summed E-state index contributed by atoms with van der Waals surface area (Å²) >= 11 is 0. The summed E-state index contributed by atoms with van der Waals surface area (Å²) in [4.78, 5) is 12.1. The van der Waals surface area contributed by atoms with Crippen LogP contribution in [0.4, 0.5) is 0 Å². The molecule has 1 amide bonds. The Morgan fingerprint density at radius 3 is 2.57 bits per heavy atom. The number of carbonyl (C=O) groups excluding carboxylic acids is 1. The van der Waals surface area contributed by atoms with Crippen molar-refractivity contribution in [1.29, 1.82) is 0 Å². The first-order valence-electron chi connectivity index (χ1n) is 9.50. The van der Waals surface area contributed by atoms with Crippen molar-refractivity contribution in [3.63, 3.8) is 0 Å². The first-order valence-corrected chi connectivity index (χ1v) is 9.50. The van der Waals surface area contributed by atoms with Gasteiger partial charge in [0.25, 0.3) is 0 Å².